The summed E-state index contributed by atoms with van der Waals surface area (Å²) in [7, 11) is 0. The van der Waals surface area contributed by atoms with Crippen molar-refractivity contribution < 1.29 is 4.79 Å². The van der Waals surface area contributed by atoms with Gasteiger partial charge in [0.1, 0.15) is 0 Å². The zero-order valence-corrected chi connectivity index (χ0v) is 10.2. The van der Waals surface area contributed by atoms with Crippen molar-refractivity contribution in [3.63, 3.8) is 0 Å². The summed E-state index contributed by atoms with van der Waals surface area (Å²) < 4.78 is 0. The third kappa shape index (κ3) is 9.85. The molecule has 0 fully saturated rings. The number of primary amides is 1. The molecule has 1 atom stereocenters. The summed E-state index contributed by atoms with van der Waals surface area (Å²) >= 11 is 0. The number of hydrogen-bond acceptors (Lipinski definition) is 1. The van der Waals surface area contributed by atoms with E-state index in [9.17, 15) is 4.79 Å². The molecule has 0 aliphatic carbocycles. The van der Waals surface area contributed by atoms with Gasteiger partial charge in [-0.05, 0) is 6.42 Å². The van der Waals surface area contributed by atoms with Crippen LogP contribution in [0.4, 0.5) is 0 Å². The van der Waals surface area contributed by atoms with Crippen molar-refractivity contribution >= 4 is 18.3 Å². The normalized spacial score (nSPS) is 11.9. The van der Waals surface area contributed by atoms with Crippen LogP contribution in [0.2, 0.25) is 0 Å². The van der Waals surface area contributed by atoms with Gasteiger partial charge in [0, 0.05) is 5.92 Å². The lowest BCUT2D eigenvalue weighted by atomic mass is 10.0. The summed E-state index contributed by atoms with van der Waals surface area (Å²) in [5, 5.41) is 0. The third-order valence-corrected chi connectivity index (χ3v) is 2.48. The maximum Gasteiger partial charge on any atom is 0.220 e. The molecule has 0 rings (SSSR count). The van der Waals surface area contributed by atoms with E-state index < -0.39 is 0 Å². The second-order valence-corrected chi connectivity index (χ2v) is 3.86. The van der Waals surface area contributed by atoms with Crippen LogP contribution in [0, 0.1) is 5.92 Å². The van der Waals surface area contributed by atoms with Gasteiger partial charge < -0.3 is 5.73 Å². The number of hydrogen-bond donors (Lipinski definition) is 1. The van der Waals surface area contributed by atoms with Crippen molar-refractivity contribution in [2.45, 2.75) is 58.8 Å². The van der Waals surface area contributed by atoms with Gasteiger partial charge in [0.2, 0.25) is 5.91 Å². The number of nitrogens with two attached hydrogens (primary N) is 1. The van der Waals surface area contributed by atoms with Crippen LogP contribution in [0.3, 0.4) is 0 Å². The van der Waals surface area contributed by atoms with Crippen molar-refractivity contribution in [2.75, 3.05) is 0 Å². The van der Waals surface area contributed by atoms with Crippen molar-refractivity contribution in [3.05, 3.63) is 0 Å². The minimum absolute atomic E-state index is 0. The molecule has 3 heteroatoms. The molecule has 0 aromatic carbocycles. The van der Waals surface area contributed by atoms with Gasteiger partial charge in [-0.25, -0.2) is 0 Å². The smallest absolute Gasteiger partial charge is 0.220 e. The van der Waals surface area contributed by atoms with Crippen molar-refractivity contribution in [1.82, 2.24) is 0 Å². The lowest BCUT2D eigenvalue weighted by Gasteiger charge is -2.05. The number of amides is 1. The fourth-order valence-corrected chi connectivity index (χ4v) is 1.37. The van der Waals surface area contributed by atoms with E-state index in [4.69, 9.17) is 5.73 Å². The summed E-state index contributed by atoms with van der Waals surface area (Å²) in [6.07, 6.45) is 8.62. The lowest BCUT2D eigenvalue weighted by molar-refractivity contribution is -0.121. The maximum absolute atomic E-state index is 10.7. The van der Waals surface area contributed by atoms with E-state index in [1.807, 2.05) is 6.92 Å². The molecule has 0 radical (unpaired) electrons. The Kier molecular flexibility index (Phi) is 12.5. The van der Waals surface area contributed by atoms with Gasteiger partial charge in [-0.15, -0.1) is 12.4 Å². The second kappa shape index (κ2) is 10.8. The fraction of sp³-hybridized carbons (Fsp3) is 0.909. The maximum atomic E-state index is 10.7. The molecule has 0 aromatic rings. The molecule has 86 valence electrons. The zero-order valence-electron chi connectivity index (χ0n) is 9.42. The van der Waals surface area contributed by atoms with E-state index >= 15 is 0 Å². The van der Waals surface area contributed by atoms with Crippen molar-refractivity contribution in [1.29, 1.82) is 0 Å². The number of carbonyl (C=O) groups is 1. The van der Waals surface area contributed by atoms with E-state index in [0.717, 1.165) is 12.8 Å². The van der Waals surface area contributed by atoms with Crippen LogP contribution in [-0.4, -0.2) is 5.91 Å². The Morgan fingerprint density at radius 2 is 1.64 bits per heavy atom. The van der Waals surface area contributed by atoms with E-state index in [1.165, 1.54) is 32.1 Å². The van der Waals surface area contributed by atoms with Crippen LogP contribution >= 0.6 is 12.4 Å². The summed E-state index contributed by atoms with van der Waals surface area (Å²) in [5.74, 6) is -0.0975. The molecular formula is C11H24ClNO. The molecule has 0 saturated carbocycles. The molecule has 2 N–H and O–H groups in total. The standard InChI is InChI=1S/C11H23NO.ClH/c1-3-4-5-6-7-8-9-10(2)11(12)13;/h10H,3-9H2,1-2H3,(H2,12,13);1H. The van der Waals surface area contributed by atoms with Crippen LogP contribution in [0.15, 0.2) is 0 Å². The van der Waals surface area contributed by atoms with Crippen LogP contribution in [0.25, 0.3) is 0 Å². The molecule has 0 saturated heterocycles. The first-order chi connectivity index (χ1) is 6.18. The monoisotopic (exact) mass is 221 g/mol. The van der Waals surface area contributed by atoms with E-state index in [-0.39, 0.29) is 24.2 Å². The molecule has 0 aliphatic heterocycles. The first kappa shape index (κ1) is 16.2. The second-order valence-electron chi connectivity index (χ2n) is 3.86. The summed E-state index contributed by atoms with van der Waals surface area (Å²) in [6.45, 7) is 4.13. The molecule has 1 amide bonds. The van der Waals surface area contributed by atoms with E-state index in [1.54, 1.807) is 0 Å². The van der Waals surface area contributed by atoms with Gasteiger partial charge >= 0.3 is 0 Å². The zero-order chi connectivity index (χ0) is 10.1. The van der Waals surface area contributed by atoms with Crippen molar-refractivity contribution in [2.24, 2.45) is 11.7 Å². The van der Waals surface area contributed by atoms with Gasteiger partial charge in [0.25, 0.3) is 0 Å². The largest absolute Gasteiger partial charge is 0.369 e. The predicted octanol–water partition coefficient (Wildman–Crippen LogP) is 3.28. The van der Waals surface area contributed by atoms with E-state index in [2.05, 4.69) is 6.92 Å². The van der Waals surface area contributed by atoms with Crippen LogP contribution in [-0.2, 0) is 4.79 Å². The first-order valence-electron chi connectivity index (χ1n) is 5.47. The Labute approximate surface area is 94.0 Å². The Hall–Kier alpha value is -0.240. The van der Waals surface area contributed by atoms with Gasteiger partial charge in [-0.2, -0.15) is 0 Å². The summed E-state index contributed by atoms with van der Waals surface area (Å²) in [6, 6.07) is 0. The highest BCUT2D eigenvalue weighted by molar-refractivity contribution is 5.85. The highest BCUT2D eigenvalue weighted by atomic mass is 35.5. The third-order valence-electron chi connectivity index (χ3n) is 2.48. The number of rotatable bonds is 8. The highest BCUT2D eigenvalue weighted by Gasteiger charge is 2.06. The Morgan fingerprint density at radius 3 is 2.14 bits per heavy atom. The Balaban J connectivity index is 0. The predicted molar refractivity (Wildman–Crippen MR) is 63.6 cm³/mol. The number of unbranched alkanes of at least 4 members (excludes halogenated alkanes) is 5. The quantitative estimate of drug-likeness (QED) is 0.628. The summed E-state index contributed by atoms with van der Waals surface area (Å²) in [5.41, 5.74) is 5.16. The van der Waals surface area contributed by atoms with Crippen LogP contribution < -0.4 is 5.73 Å². The molecule has 0 aliphatic rings. The molecule has 14 heavy (non-hydrogen) atoms. The molecule has 0 aromatic heterocycles. The molecule has 0 spiro atoms. The molecule has 2 nitrogen and oxygen atoms in total. The van der Waals surface area contributed by atoms with Crippen LogP contribution in [0.5, 0.6) is 0 Å². The molecular weight excluding hydrogens is 198 g/mol. The van der Waals surface area contributed by atoms with Gasteiger partial charge in [-0.1, -0.05) is 52.4 Å². The van der Waals surface area contributed by atoms with E-state index in [0.29, 0.717) is 0 Å². The fourth-order valence-electron chi connectivity index (χ4n) is 1.37. The SMILES string of the molecule is CCCCCCCCC(C)C(N)=O.Cl. The minimum Gasteiger partial charge on any atom is -0.369 e. The average Bonchev–Trinajstić information content (AvgIpc) is 2.10. The first-order valence-corrected chi connectivity index (χ1v) is 5.47. The van der Waals surface area contributed by atoms with Gasteiger partial charge in [0.15, 0.2) is 0 Å². The Morgan fingerprint density at radius 1 is 1.14 bits per heavy atom. The number of carbonyl (C=O) groups excluding carboxylic acids is 1. The highest BCUT2D eigenvalue weighted by Crippen LogP contribution is 2.11. The molecule has 0 heterocycles. The number of halogens is 1. The van der Waals surface area contributed by atoms with Crippen molar-refractivity contribution in [3.8, 4) is 0 Å². The van der Waals surface area contributed by atoms with Crippen LogP contribution in [0.1, 0.15) is 58.8 Å². The van der Waals surface area contributed by atoms with Gasteiger partial charge in [-0.3, -0.25) is 4.79 Å². The summed E-state index contributed by atoms with van der Waals surface area (Å²) in [4.78, 5) is 10.7. The lowest BCUT2D eigenvalue weighted by Crippen LogP contribution is -2.20. The average molecular weight is 222 g/mol. The Bertz CT molecular complexity index is 139. The van der Waals surface area contributed by atoms with Gasteiger partial charge in [0.05, 0.1) is 0 Å². The molecule has 0 bridgehead atoms. The topological polar surface area (TPSA) is 43.1 Å². The minimum atomic E-state index is -0.159. The molecule has 1 unspecified atom stereocenters.